The lowest BCUT2D eigenvalue weighted by Crippen LogP contribution is -2.52. The zero-order valence-corrected chi connectivity index (χ0v) is 9.04. The summed E-state index contributed by atoms with van der Waals surface area (Å²) in [6, 6.07) is 0.419. The van der Waals surface area contributed by atoms with Gasteiger partial charge in [-0.1, -0.05) is 12.2 Å². The molecule has 1 saturated carbocycles. The SMILES string of the molecule is Cn1c(=O)n2n(c1=O)C1CCC2C2C=CC21. The summed E-state index contributed by atoms with van der Waals surface area (Å²) in [5.74, 6) is 0.969. The minimum Gasteiger partial charge on any atom is -0.246 e. The Labute approximate surface area is 91.6 Å². The van der Waals surface area contributed by atoms with Gasteiger partial charge in [-0.25, -0.2) is 23.5 Å². The Balaban J connectivity index is 2.10. The van der Waals surface area contributed by atoms with E-state index in [1.54, 1.807) is 16.4 Å². The van der Waals surface area contributed by atoms with Crippen molar-refractivity contribution in [2.75, 3.05) is 0 Å². The summed E-state index contributed by atoms with van der Waals surface area (Å²) in [6.45, 7) is 0. The molecule has 1 aromatic rings. The molecular formula is C11H13N3O2. The molecule has 3 heterocycles. The maximum absolute atomic E-state index is 12.0. The van der Waals surface area contributed by atoms with Crippen LogP contribution in [0, 0.1) is 11.8 Å². The number of aromatic nitrogens is 3. The number of nitrogens with zero attached hydrogens (tertiary/aromatic N) is 3. The summed E-state index contributed by atoms with van der Waals surface area (Å²) >= 11 is 0. The second-order valence-corrected chi connectivity index (χ2v) is 5.06. The maximum Gasteiger partial charge on any atom is 0.347 e. The molecule has 2 bridgehead atoms. The number of hydrogen-bond acceptors (Lipinski definition) is 2. The zero-order valence-electron chi connectivity index (χ0n) is 9.04. The Bertz CT molecular complexity index is 567. The average Bonchev–Trinajstić information content (AvgIpc) is 2.45. The Morgan fingerprint density at radius 3 is 1.81 bits per heavy atom. The van der Waals surface area contributed by atoms with E-state index in [1.807, 2.05) is 0 Å². The van der Waals surface area contributed by atoms with Crippen LogP contribution < -0.4 is 11.4 Å². The molecule has 1 aromatic heterocycles. The van der Waals surface area contributed by atoms with Crippen molar-refractivity contribution in [1.82, 2.24) is 13.9 Å². The molecule has 5 heteroatoms. The lowest BCUT2D eigenvalue weighted by atomic mass is 9.65. The monoisotopic (exact) mass is 219 g/mol. The van der Waals surface area contributed by atoms with E-state index in [2.05, 4.69) is 12.2 Å². The third-order valence-corrected chi connectivity index (χ3v) is 4.47. The van der Waals surface area contributed by atoms with Crippen LogP contribution in [0.1, 0.15) is 24.9 Å². The van der Waals surface area contributed by atoms with Gasteiger partial charge in [0.1, 0.15) is 0 Å². The van der Waals surface area contributed by atoms with E-state index >= 15 is 0 Å². The van der Waals surface area contributed by atoms with E-state index < -0.39 is 0 Å². The Morgan fingerprint density at radius 1 is 1.00 bits per heavy atom. The van der Waals surface area contributed by atoms with Crippen molar-refractivity contribution >= 4 is 0 Å². The molecular weight excluding hydrogens is 206 g/mol. The fraction of sp³-hybridized carbons (Fsp3) is 0.636. The van der Waals surface area contributed by atoms with E-state index in [0.29, 0.717) is 11.8 Å². The summed E-state index contributed by atoms with van der Waals surface area (Å²) in [5.41, 5.74) is -0.308. The highest BCUT2D eigenvalue weighted by Crippen LogP contribution is 2.52. The summed E-state index contributed by atoms with van der Waals surface area (Å²) in [4.78, 5) is 24.0. The number of rotatable bonds is 0. The van der Waals surface area contributed by atoms with Crippen LogP contribution in [0.3, 0.4) is 0 Å². The molecule has 1 fully saturated rings. The molecule has 16 heavy (non-hydrogen) atoms. The molecule has 0 saturated heterocycles. The molecule has 0 radical (unpaired) electrons. The number of allylic oxidation sites excluding steroid dienone is 2. The normalized spacial score (nSPS) is 38.1. The van der Waals surface area contributed by atoms with Crippen molar-refractivity contribution in [3.8, 4) is 0 Å². The number of fused-ring (bicyclic) bond motifs is 1. The zero-order chi connectivity index (χ0) is 11.0. The summed E-state index contributed by atoms with van der Waals surface area (Å²) in [5, 5.41) is 0. The van der Waals surface area contributed by atoms with Crippen molar-refractivity contribution in [1.29, 1.82) is 0 Å². The largest absolute Gasteiger partial charge is 0.347 e. The summed E-state index contributed by atoms with van der Waals surface area (Å²) in [7, 11) is 1.57. The van der Waals surface area contributed by atoms with Crippen LogP contribution in [0.2, 0.25) is 0 Å². The van der Waals surface area contributed by atoms with E-state index in [4.69, 9.17) is 0 Å². The summed E-state index contributed by atoms with van der Waals surface area (Å²) < 4.78 is 4.62. The van der Waals surface area contributed by atoms with Gasteiger partial charge < -0.3 is 0 Å². The van der Waals surface area contributed by atoms with Crippen molar-refractivity contribution in [2.24, 2.45) is 18.9 Å². The van der Waals surface area contributed by atoms with Gasteiger partial charge in [-0.3, -0.25) is 0 Å². The number of hydrogen-bond donors (Lipinski definition) is 0. The fourth-order valence-corrected chi connectivity index (χ4v) is 3.61. The predicted octanol–water partition coefficient (Wildman–Crippen LogP) is 0.0403. The minimum atomic E-state index is -0.154. The predicted molar refractivity (Wildman–Crippen MR) is 57.4 cm³/mol. The van der Waals surface area contributed by atoms with Crippen LogP contribution in [-0.4, -0.2) is 13.9 Å². The molecule has 2 aliphatic carbocycles. The third-order valence-electron chi connectivity index (χ3n) is 4.47. The molecule has 0 amide bonds. The Kier molecular flexibility index (Phi) is 1.30. The Morgan fingerprint density at radius 2 is 1.44 bits per heavy atom. The van der Waals surface area contributed by atoms with Gasteiger partial charge in [-0.2, -0.15) is 0 Å². The van der Waals surface area contributed by atoms with Gasteiger partial charge in [0, 0.05) is 18.9 Å². The minimum absolute atomic E-state index is 0.154. The van der Waals surface area contributed by atoms with Gasteiger partial charge in [0.25, 0.3) is 0 Å². The fourth-order valence-electron chi connectivity index (χ4n) is 3.61. The second-order valence-electron chi connectivity index (χ2n) is 5.06. The molecule has 4 aliphatic rings. The van der Waals surface area contributed by atoms with Gasteiger partial charge in [0.05, 0.1) is 12.1 Å². The molecule has 0 aromatic carbocycles. The van der Waals surface area contributed by atoms with Gasteiger partial charge in [0.2, 0.25) is 0 Å². The Hall–Kier alpha value is -1.52. The van der Waals surface area contributed by atoms with Gasteiger partial charge in [-0.15, -0.1) is 0 Å². The highest BCUT2D eigenvalue weighted by atomic mass is 16.2. The second kappa shape index (κ2) is 2.42. The van der Waals surface area contributed by atoms with Crippen LogP contribution in [-0.2, 0) is 7.05 Å². The van der Waals surface area contributed by atoms with Gasteiger partial charge in [0.15, 0.2) is 0 Å². The van der Waals surface area contributed by atoms with Crippen LogP contribution in [0.5, 0.6) is 0 Å². The maximum atomic E-state index is 12.0. The van der Waals surface area contributed by atoms with E-state index in [-0.39, 0.29) is 23.5 Å². The molecule has 5 rings (SSSR count). The first-order chi connectivity index (χ1) is 7.70. The van der Waals surface area contributed by atoms with Crippen molar-refractivity contribution < 1.29 is 0 Å². The highest BCUT2D eigenvalue weighted by Gasteiger charge is 2.50. The van der Waals surface area contributed by atoms with Gasteiger partial charge >= 0.3 is 11.4 Å². The lowest BCUT2D eigenvalue weighted by molar-refractivity contribution is 0.0400. The third kappa shape index (κ3) is 0.700. The molecule has 2 aliphatic heterocycles. The molecule has 5 nitrogen and oxygen atoms in total. The van der Waals surface area contributed by atoms with Gasteiger partial charge in [-0.05, 0) is 12.8 Å². The van der Waals surface area contributed by atoms with E-state index in [1.165, 1.54) is 4.57 Å². The van der Waals surface area contributed by atoms with Crippen molar-refractivity contribution in [3.05, 3.63) is 33.1 Å². The molecule has 84 valence electrons. The first-order valence-corrected chi connectivity index (χ1v) is 5.78. The molecule has 4 atom stereocenters. The average molecular weight is 219 g/mol. The standard InChI is InChI=1S/C11H13N3O2/c1-12-10(15)13-8-4-5-9(14(13)11(12)16)7-3-2-6(7)8/h2-3,6-9H,4-5H2,1H3. The topological polar surface area (TPSA) is 48.9 Å². The van der Waals surface area contributed by atoms with Crippen LogP contribution in [0.15, 0.2) is 21.7 Å². The van der Waals surface area contributed by atoms with Crippen molar-refractivity contribution in [2.45, 2.75) is 24.9 Å². The van der Waals surface area contributed by atoms with Crippen LogP contribution >= 0.6 is 0 Å². The van der Waals surface area contributed by atoms with Crippen molar-refractivity contribution in [3.63, 3.8) is 0 Å². The van der Waals surface area contributed by atoms with Crippen LogP contribution in [0.4, 0.5) is 0 Å². The molecule has 4 unspecified atom stereocenters. The first-order valence-electron chi connectivity index (χ1n) is 5.78. The van der Waals surface area contributed by atoms with Crippen LogP contribution in [0.25, 0.3) is 0 Å². The summed E-state index contributed by atoms with van der Waals surface area (Å²) in [6.07, 6.45) is 6.43. The first kappa shape index (κ1) is 8.61. The van der Waals surface area contributed by atoms with E-state index in [0.717, 1.165) is 12.8 Å². The lowest BCUT2D eigenvalue weighted by Gasteiger charge is -2.51. The van der Waals surface area contributed by atoms with E-state index in [9.17, 15) is 9.59 Å². The molecule has 0 spiro atoms. The quantitative estimate of drug-likeness (QED) is 0.578. The molecule has 0 N–H and O–H groups in total. The smallest absolute Gasteiger partial charge is 0.246 e. The highest BCUT2D eigenvalue weighted by molar-refractivity contribution is 5.19.